The summed E-state index contributed by atoms with van der Waals surface area (Å²) in [5.41, 5.74) is 2.07. The average Bonchev–Trinajstić information content (AvgIpc) is 2.69. The first-order valence-electron chi connectivity index (χ1n) is 9.23. The van der Waals surface area contributed by atoms with Crippen LogP contribution in [0.1, 0.15) is 12.0 Å². The number of carbonyl (C=O) groups is 1. The number of nitrogens with zero attached hydrogens (tertiary/aromatic N) is 3. The van der Waals surface area contributed by atoms with Gasteiger partial charge in [-0.05, 0) is 42.9 Å². The Morgan fingerprint density at radius 2 is 1.74 bits per heavy atom. The first kappa shape index (κ1) is 19.6. The van der Waals surface area contributed by atoms with Crippen LogP contribution in [0.25, 0.3) is 0 Å². The summed E-state index contributed by atoms with van der Waals surface area (Å²) >= 11 is 6.20. The molecule has 0 unspecified atom stereocenters. The van der Waals surface area contributed by atoms with Crippen molar-refractivity contribution < 1.29 is 9.18 Å². The molecule has 0 N–H and O–H groups in total. The molecule has 27 heavy (non-hydrogen) atoms. The molecule has 0 atom stereocenters. The molecule has 0 spiro atoms. The monoisotopic (exact) mass is 389 g/mol. The summed E-state index contributed by atoms with van der Waals surface area (Å²) in [4.78, 5) is 18.7. The van der Waals surface area contributed by atoms with Gasteiger partial charge in [-0.1, -0.05) is 29.8 Å². The number of hydrogen-bond acceptors (Lipinski definition) is 3. The maximum atomic E-state index is 13.0. The molecule has 2 aromatic carbocycles. The van der Waals surface area contributed by atoms with E-state index in [9.17, 15) is 9.18 Å². The molecule has 1 heterocycles. The highest BCUT2D eigenvalue weighted by Crippen LogP contribution is 2.18. The van der Waals surface area contributed by atoms with Crippen molar-refractivity contribution in [2.24, 2.45) is 0 Å². The number of carbonyl (C=O) groups excluding carboxylic acids is 1. The van der Waals surface area contributed by atoms with E-state index in [1.54, 1.807) is 12.1 Å². The van der Waals surface area contributed by atoms with E-state index in [0.717, 1.165) is 35.9 Å². The van der Waals surface area contributed by atoms with Gasteiger partial charge in [-0.25, -0.2) is 4.39 Å². The van der Waals surface area contributed by atoms with E-state index in [1.165, 1.54) is 12.1 Å². The highest BCUT2D eigenvalue weighted by molar-refractivity contribution is 6.31. The molecule has 0 saturated carbocycles. The minimum Gasteiger partial charge on any atom is -0.368 e. The van der Waals surface area contributed by atoms with Crippen molar-refractivity contribution in [3.05, 3.63) is 64.9 Å². The van der Waals surface area contributed by atoms with Crippen LogP contribution in [0.3, 0.4) is 0 Å². The number of amides is 1. The Hall–Kier alpha value is -2.11. The van der Waals surface area contributed by atoms with Crippen molar-refractivity contribution in [1.29, 1.82) is 0 Å². The SMILES string of the molecule is CN(CCC(=O)N1CCN(c2ccc(F)cc2)CC1)Cc1ccccc1Cl. The summed E-state index contributed by atoms with van der Waals surface area (Å²) in [7, 11) is 2.00. The third-order valence-electron chi connectivity index (χ3n) is 4.93. The molecule has 0 aliphatic carbocycles. The van der Waals surface area contributed by atoms with Gasteiger partial charge < -0.3 is 14.7 Å². The van der Waals surface area contributed by atoms with Crippen molar-refractivity contribution in [3.63, 3.8) is 0 Å². The fourth-order valence-corrected chi connectivity index (χ4v) is 3.50. The smallest absolute Gasteiger partial charge is 0.223 e. The summed E-state index contributed by atoms with van der Waals surface area (Å²) in [5, 5.41) is 0.757. The molecule has 6 heteroatoms. The second-order valence-electron chi connectivity index (χ2n) is 6.92. The first-order valence-corrected chi connectivity index (χ1v) is 9.61. The zero-order chi connectivity index (χ0) is 19.2. The van der Waals surface area contributed by atoms with Gasteiger partial charge in [-0.15, -0.1) is 0 Å². The fraction of sp³-hybridized carbons (Fsp3) is 0.381. The Bertz CT molecular complexity index is 760. The lowest BCUT2D eigenvalue weighted by Gasteiger charge is -2.36. The summed E-state index contributed by atoms with van der Waals surface area (Å²) in [6, 6.07) is 14.3. The number of anilines is 1. The zero-order valence-electron chi connectivity index (χ0n) is 15.6. The van der Waals surface area contributed by atoms with Crippen LogP contribution in [0.2, 0.25) is 5.02 Å². The number of hydrogen-bond donors (Lipinski definition) is 0. The Morgan fingerprint density at radius 1 is 1.07 bits per heavy atom. The first-order chi connectivity index (χ1) is 13.0. The van der Waals surface area contributed by atoms with Crippen molar-refractivity contribution in [2.45, 2.75) is 13.0 Å². The van der Waals surface area contributed by atoms with Crippen LogP contribution >= 0.6 is 11.6 Å². The molecule has 0 radical (unpaired) electrons. The Labute approximate surface area is 165 Å². The minimum absolute atomic E-state index is 0.180. The quantitative estimate of drug-likeness (QED) is 0.754. The number of rotatable bonds is 6. The molecule has 1 fully saturated rings. The Balaban J connectivity index is 1.43. The lowest BCUT2D eigenvalue weighted by Crippen LogP contribution is -2.49. The third kappa shape index (κ3) is 5.44. The maximum Gasteiger partial charge on any atom is 0.223 e. The highest BCUT2D eigenvalue weighted by atomic mass is 35.5. The molecular weight excluding hydrogens is 365 g/mol. The van der Waals surface area contributed by atoms with E-state index in [1.807, 2.05) is 36.2 Å². The normalized spacial score (nSPS) is 14.7. The fourth-order valence-electron chi connectivity index (χ4n) is 3.31. The van der Waals surface area contributed by atoms with Crippen LogP contribution in [0, 0.1) is 5.82 Å². The average molecular weight is 390 g/mol. The van der Waals surface area contributed by atoms with Gasteiger partial charge in [-0.3, -0.25) is 4.79 Å². The molecule has 0 aromatic heterocycles. The van der Waals surface area contributed by atoms with Gasteiger partial charge in [0.1, 0.15) is 5.82 Å². The molecule has 4 nitrogen and oxygen atoms in total. The zero-order valence-corrected chi connectivity index (χ0v) is 16.3. The second-order valence-corrected chi connectivity index (χ2v) is 7.33. The van der Waals surface area contributed by atoms with Gasteiger partial charge in [0, 0.05) is 56.4 Å². The highest BCUT2D eigenvalue weighted by Gasteiger charge is 2.21. The van der Waals surface area contributed by atoms with Crippen LogP contribution in [0.4, 0.5) is 10.1 Å². The summed E-state index contributed by atoms with van der Waals surface area (Å²) < 4.78 is 13.0. The van der Waals surface area contributed by atoms with E-state index < -0.39 is 0 Å². The van der Waals surface area contributed by atoms with E-state index in [0.29, 0.717) is 26.1 Å². The molecule has 1 aliphatic rings. The summed E-state index contributed by atoms with van der Waals surface area (Å²) in [5.74, 6) is -0.0479. The van der Waals surface area contributed by atoms with Crippen LogP contribution in [0.15, 0.2) is 48.5 Å². The lowest BCUT2D eigenvalue weighted by molar-refractivity contribution is -0.131. The molecule has 2 aromatic rings. The molecule has 0 bridgehead atoms. The Kier molecular flexibility index (Phi) is 6.69. The standard InChI is InChI=1S/C21H25ClFN3O/c1-24(16-17-4-2-3-5-20(17)22)11-10-21(27)26-14-12-25(13-15-26)19-8-6-18(23)7-9-19/h2-9H,10-16H2,1H3. The van der Waals surface area contributed by atoms with Crippen LogP contribution in [-0.2, 0) is 11.3 Å². The summed E-state index contributed by atoms with van der Waals surface area (Å²) in [6.45, 7) is 4.36. The predicted octanol–water partition coefficient (Wildman–Crippen LogP) is 3.65. The van der Waals surface area contributed by atoms with Crippen molar-refractivity contribution in [2.75, 3.05) is 44.7 Å². The molecule has 3 rings (SSSR count). The van der Waals surface area contributed by atoms with Crippen LogP contribution < -0.4 is 4.90 Å². The van der Waals surface area contributed by atoms with E-state index in [-0.39, 0.29) is 11.7 Å². The lowest BCUT2D eigenvalue weighted by atomic mass is 10.2. The van der Waals surface area contributed by atoms with Crippen LogP contribution in [0.5, 0.6) is 0 Å². The van der Waals surface area contributed by atoms with Gasteiger partial charge in [-0.2, -0.15) is 0 Å². The number of benzene rings is 2. The molecule has 1 aliphatic heterocycles. The predicted molar refractivity (Wildman–Crippen MR) is 108 cm³/mol. The largest absolute Gasteiger partial charge is 0.368 e. The van der Waals surface area contributed by atoms with E-state index >= 15 is 0 Å². The van der Waals surface area contributed by atoms with E-state index in [4.69, 9.17) is 11.6 Å². The van der Waals surface area contributed by atoms with Crippen molar-refractivity contribution in [3.8, 4) is 0 Å². The topological polar surface area (TPSA) is 26.8 Å². The Morgan fingerprint density at radius 3 is 2.41 bits per heavy atom. The van der Waals surface area contributed by atoms with Gasteiger partial charge in [0.15, 0.2) is 0 Å². The van der Waals surface area contributed by atoms with Gasteiger partial charge in [0.2, 0.25) is 5.91 Å². The maximum absolute atomic E-state index is 13.0. The van der Waals surface area contributed by atoms with Crippen molar-refractivity contribution >= 4 is 23.2 Å². The van der Waals surface area contributed by atoms with Gasteiger partial charge >= 0.3 is 0 Å². The van der Waals surface area contributed by atoms with E-state index in [2.05, 4.69) is 9.80 Å². The van der Waals surface area contributed by atoms with Crippen LogP contribution in [-0.4, -0.2) is 55.5 Å². The van der Waals surface area contributed by atoms with Gasteiger partial charge in [0.05, 0.1) is 0 Å². The van der Waals surface area contributed by atoms with Crippen molar-refractivity contribution in [1.82, 2.24) is 9.80 Å². The molecule has 144 valence electrons. The second kappa shape index (κ2) is 9.20. The molecule has 1 amide bonds. The molecular formula is C21H25ClFN3O. The number of piperazine rings is 1. The third-order valence-corrected chi connectivity index (χ3v) is 5.30. The summed E-state index contributed by atoms with van der Waals surface area (Å²) in [6.07, 6.45) is 0.498. The van der Waals surface area contributed by atoms with Gasteiger partial charge in [0.25, 0.3) is 0 Å². The number of halogens is 2. The minimum atomic E-state index is -0.228. The molecule has 1 saturated heterocycles.